The Morgan fingerprint density at radius 2 is 1.28 bits per heavy atom. The summed E-state index contributed by atoms with van der Waals surface area (Å²) in [5.41, 5.74) is 2.48. The van der Waals surface area contributed by atoms with Crippen molar-refractivity contribution >= 4 is 17.1 Å². The number of nitriles is 3. The van der Waals surface area contributed by atoms with Gasteiger partial charge < -0.3 is 0 Å². The number of halogens is 2. The Morgan fingerprint density at radius 1 is 0.750 bits per heavy atom. The molecule has 0 atom stereocenters. The predicted molar refractivity (Wildman–Crippen MR) is 124 cm³/mol. The molecule has 2 aliphatic rings. The fourth-order valence-electron chi connectivity index (χ4n) is 5.13. The molecule has 8 heteroatoms. The predicted octanol–water partition coefficient (Wildman–Crippen LogP) is 4.63. The van der Waals surface area contributed by atoms with Crippen molar-refractivity contribution < 1.29 is 8.78 Å². The maximum atomic E-state index is 14.5. The lowest BCUT2D eigenvalue weighted by Crippen LogP contribution is -2.25. The van der Waals surface area contributed by atoms with Crippen molar-refractivity contribution in [2.75, 3.05) is 0 Å². The summed E-state index contributed by atoms with van der Waals surface area (Å²) in [6.07, 6.45) is 0.222. The Hall–Kier alpha value is -5.80. The first-order valence-electron chi connectivity index (χ1n) is 10.4. The average molecular weight is 466 g/mol. The molecule has 0 saturated carbocycles. The third-order valence-corrected chi connectivity index (χ3v) is 6.50. The molecule has 3 aromatic carbocycles. The van der Waals surface area contributed by atoms with Crippen LogP contribution in [0.25, 0.3) is 48.2 Å². The molecule has 0 unspecified atom stereocenters. The zero-order valence-electron chi connectivity index (χ0n) is 18.2. The van der Waals surface area contributed by atoms with E-state index in [9.17, 15) is 24.6 Å². The van der Waals surface area contributed by atoms with Crippen LogP contribution in [0.4, 0.5) is 14.5 Å². The number of hydrogen-bond donors (Lipinski definition) is 0. The van der Waals surface area contributed by atoms with Gasteiger partial charge in [0.2, 0.25) is 5.69 Å². The first kappa shape index (κ1) is 22.0. The molecule has 36 heavy (non-hydrogen) atoms. The largest absolute Gasteiger partial charge is 0.270 e. The standard InChI is InChI=1S/C28H8F2N6/c1-34-22-9-17-14(8-21(22)30)5-19-25(23(11-32)35-2)18-4-13-7-20(29)15(10-31)6-16(13)26(18)28(27(17)19)24(12-33)36-3/h6-9H,4-5H2/b25-23-,28-24-. The molecular weight excluding hydrogens is 458 g/mol. The molecular formula is C28H8F2N6. The van der Waals surface area contributed by atoms with Crippen LogP contribution >= 0.6 is 0 Å². The number of benzene rings is 3. The first-order valence-corrected chi connectivity index (χ1v) is 10.4. The highest BCUT2D eigenvalue weighted by molar-refractivity contribution is 5.94. The molecule has 2 aliphatic carbocycles. The molecule has 0 aromatic heterocycles. The lowest BCUT2D eigenvalue weighted by Gasteiger charge is -2.13. The molecule has 5 rings (SSSR count). The van der Waals surface area contributed by atoms with Crippen molar-refractivity contribution in [3.05, 3.63) is 108 Å². The Kier molecular flexibility index (Phi) is 4.83. The minimum atomic E-state index is -0.730. The van der Waals surface area contributed by atoms with E-state index in [0.29, 0.717) is 49.7 Å². The summed E-state index contributed by atoms with van der Waals surface area (Å²) < 4.78 is 29.0. The van der Waals surface area contributed by atoms with Gasteiger partial charge in [-0.25, -0.2) is 33.8 Å². The Balaban J connectivity index is 2.14. The molecule has 0 amide bonds. The van der Waals surface area contributed by atoms with Crippen molar-refractivity contribution in [3.63, 3.8) is 0 Å². The fraction of sp³-hybridized carbons (Fsp3) is 0.0714. The number of hydrogen-bond acceptors (Lipinski definition) is 3. The van der Waals surface area contributed by atoms with E-state index in [0.717, 1.165) is 0 Å². The van der Waals surface area contributed by atoms with Crippen molar-refractivity contribution in [2.24, 2.45) is 0 Å². The maximum Gasteiger partial charge on any atom is 0.270 e. The second kappa shape index (κ2) is 7.90. The van der Waals surface area contributed by atoms with E-state index >= 15 is 0 Å². The summed E-state index contributed by atoms with van der Waals surface area (Å²) in [6.45, 7) is 22.6. The second-order valence-electron chi connectivity index (χ2n) is 8.13. The molecule has 6 nitrogen and oxygen atoms in total. The minimum absolute atomic E-state index is 0.109. The molecule has 0 spiro atoms. The van der Waals surface area contributed by atoms with Gasteiger partial charge in [-0.1, -0.05) is 0 Å². The van der Waals surface area contributed by atoms with Gasteiger partial charge in [-0.2, -0.15) is 5.26 Å². The zero-order chi connectivity index (χ0) is 25.7. The van der Waals surface area contributed by atoms with Crippen molar-refractivity contribution in [2.45, 2.75) is 12.8 Å². The summed E-state index contributed by atoms with van der Waals surface area (Å²) >= 11 is 0. The van der Waals surface area contributed by atoms with Crippen LogP contribution in [0.1, 0.15) is 27.8 Å². The summed E-state index contributed by atoms with van der Waals surface area (Å²) in [6, 6.07) is 10.7. The van der Waals surface area contributed by atoms with E-state index < -0.39 is 11.6 Å². The van der Waals surface area contributed by atoms with E-state index in [-0.39, 0.29) is 40.7 Å². The number of fused-ring (bicyclic) bond motifs is 6. The summed E-state index contributed by atoms with van der Waals surface area (Å²) in [7, 11) is 0. The first-order chi connectivity index (χ1) is 17.4. The summed E-state index contributed by atoms with van der Waals surface area (Å²) in [5.74, 6) is -1.46. The quantitative estimate of drug-likeness (QED) is 0.312. The lowest BCUT2D eigenvalue weighted by molar-refractivity contribution is 0.622. The SMILES string of the molecule is [C-]#[N+]/C(C#N)=c1/c2c(/c(=C(\C#N)[N+]#[C-])c3c1Cc1cc(F)c([N+]#[C-])cc1-3)-c1cc(C#N)c(F)cc1C2. The average Bonchev–Trinajstić information content (AvgIpc) is 3.42. The topological polar surface area (TPSA) is 84.4 Å². The highest BCUT2D eigenvalue weighted by Gasteiger charge is 2.33. The molecule has 0 saturated heterocycles. The van der Waals surface area contributed by atoms with Crippen LogP contribution in [-0.2, 0) is 12.8 Å². The lowest BCUT2D eigenvalue weighted by atomic mass is 9.90. The third-order valence-electron chi connectivity index (χ3n) is 6.50. The molecule has 0 bridgehead atoms. The van der Waals surface area contributed by atoms with E-state index in [1.54, 1.807) is 6.07 Å². The normalized spacial score (nSPS) is 13.2. The molecule has 164 valence electrons. The van der Waals surface area contributed by atoms with Gasteiger partial charge in [-0.3, -0.25) is 0 Å². The van der Waals surface area contributed by atoms with Gasteiger partial charge in [0.15, 0.2) is 0 Å². The van der Waals surface area contributed by atoms with Crippen LogP contribution in [0.2, 0.25) is 0 Å². The minimum Gasteiger partial charge on any atom is -0.235 e. The van der Waals surface area contributed by atoms with Crippen LogP contribution in [0, 0.1) is 65.3 Å². The van der Waals surface area contributed by atoms with Crippen molar-refractivity contribution in [3.8, 4) is 40.5 Å². The van der Waals surface area contributed by atoms with Crippen LogP contribution in [0.3, 0.4) is 0 Å². The molecule has 0 N–H and O–H groups in total. The molecule has 3 aromatic rings. The van der Waals surface area contributed by atoms with Crippen LogP contribution in [-0.4, -0.2) is 0 Å². The molecule has 0 aliphatic heterocycles. The van der Waals surface area contributed by atoms with Crippen molar-refractivity contribution in [1.82, 2.24) is 0 Å². The fourth-order valence-corrected chi connectivity index (χ4v) is 5.13. The van der Waals surface area contributed by atoms with Gasteiger partial charge in [-0.05, 0) is 86.8 Å². The Morgan fingerprint density at radius 3 is 1.78 bits per heavy atom. The van der Waals surface area contributed by atoms with Gasteiger partial charge in [0.05, 0.1) is 37.4 Å². The summed E-state index contributed by atoms with van der Waals surface area (Å²) in [4.78, 5) is 10.0. The summed E-state index contributed by atoms with van der Waals surface area (Å²) in [5, 5.41) is 29.6. The van der Waals surface area contributed by atoms with Gasteiger partial charge in [0.1, 0.15) is 17.7 Å². The van der Waals surface area contributed by atoms with Gasteiger partial charge in [0.25, 0.3) is 11.4 Å². The highest BCUT2D eigenvalue weighted by atomic mass is 19.1. The Bertz CT molecular complexity index is 1840. The van der Waals surface area contributed by atoms with Gasteiger partial charge >= 0.3 is 0 Å². The zero-order valence-corrected chi connectivity index (χ0v) is 18.2. The van der Waals surface area contributed by atoms with Crippen molar-refractivity contribution in [1.29, 1.82) is 15.8 Å². The second-order valence-corrected chi connectivity index (χ2v) is 8.13. The van der Waals surface area contributed by atoms with E-state index in [1.165, 1.54) is 24.3 Å². The highest BCUT2D eigenvalue weighted by Crippen LogP contribution is 2.42. The van der Waals surface area contributed by atoms with E-state index in [4.69, 9.17) is 19.7 Å². The van der Waals surface area contributed by atoms with Gasteiger partial charge in [-0.15, -0.1) is 0 Å². The maximum absolute atomic E-state index is 14.5. The Labute approximate surface area is 203 Å². The van der Waals surface area contributed by atoms with Crippen LogP contribution in [0.5, 0.6) is 0 Å². The van der Waals surface area contributed by atoms with Crippen LogP contribution < -0.4 is 10.4 Å². The van der Waals surface area contributed by atoms with Crippen LogP contribution in [0.15, 0.2) is 24.3 Å². The van der Waals surface area contributed by atoms with Gasteiger partial charge in [0, 0.05) is 5.22 Å². The number of rotatable bonds is 0. The molecule has 0 fully saturated rings. The van der Waals surface area contributed by atoms with E-state index in [2.05, 4.69) is 14.5 Å². The smallest absolute Gasteiger partial charge is 0.235 e. The molecule has 0 radical (unpaired) electrons. The third kappa shape index (κ3) is 2.81. The molecule has 0 heterocycles. The monoisotopic (exact) mass is 466 g/mol. The van der Waals surface area contributed by atoms with E-state index in [1.807, 2.05) is 12.1 Å². The number of nitrogens with zero attached hydrogens (tertiary/aromatic N) is 6.